The van der Waals surface area contributed by atoms with Gasteiger partial charge in [-0.3, -0.25) is 4.79 Å². The fourth-order valence-corrected chi connectivity index (χ4v) is 2.00. The van der Waals surface area contributed by atoms with E-state index >= 15 is 0 Å². The van der Waals surface area contributed by atoms with Crippen molar-refractivity contribution in [3.8, 4) is 5.75 Å². The zero-order valence-corrected chi connectivity index (χ0v) is 13.6. The summed E-state index contributed by atoms with van der Waals surface area (Å²) in [6, 6.07) is 8.51. The third-order valence-corrected chi connectivity index (χ3v) is 3.14. The van der Waals surface area contributed by atoms with Crippen LogP contribution >= 0.6 is 0 Å². The predicted octanol–water partition coefficient (Wildman–Crippen LogP) is 2.87. The summed E-state index contributed by atoms with van der Waals surface area (Å²) in [5.74, 6) is 0.656. The third kappa shape index (κ3) is 7.71. The summed E-state index contributed by atoms with van der Waals surface area (Å²) in [6.07, 6.45) is 2.05. The highest BCUT2D eigenvalue weighted by atomic mass is 16.5. The van der Waals surface area contributed by atoms with E-state index in [0.29, 0.717) is 6.04 Å². The normalized spacial score (nSPS) is 12.2. The molecular weight excluding hydrogens is 264 g/mol. The van der Waals surface area contributed by atoms with Gasteiger partial charge in [-0.25, -0.2) is 0 Å². The molecule has 0 aromatic heterocycles. The fourth-order valence-electron chi connectivity index (χ4n) is 2.00. The van der Waals surface area contributed by atoms with E-state index in [2.05, 4.69) is 31.4 Å². The Labute approximate surface area is 128 Å². The first-order valence-corrected chi connectivity index (χ1v) is 7.75. The van der Waals surface area contributed by atoms with E-state index in [0.717, 1.165) is 25.1 Å². The number of rotatable bonds is 9. The molecule has 1 unspecified atom stereocenters. The summed E-state index contributed by atoms with van der Waals surface area (Å²) >= 11 is 0. The standard InChI is InChI=1S/C17H28N2O2/c1-5-6-14(4)19-17(20)12-21-16-9-7-15(8-10-16)11-18-13(2)3/h7-10,13-14,18H,5-6,11-12H2,1-4H3,(H,19,20). The van der Waals surface area contributed by atoms with Gasteiger partial charge in [-0.15, -0.1) is 0 Å². The van der Waals surface area contributed by atoms with Crippen LogP contribution in [0.5, 0.6) is 5.75 Å². The number of hydrogen-bond acceptors (Lipinski definition) is 3. The second-order valence-corrected chi connectivity index (χ2v) is 5.73. The number of hydrogen-bond donors (Lipinski definition) is 2. The minimum Gasteiger partial charge on any atom is -0.484 e. The number of amides is 1. The van der Waals surface area contributed by atoms with Crippen LogP contribution in [0, 0.1) is 0 Å². The highest BCUT2D eigenvalue weighted by Gasteiger charge is 2.07. The number of benzene rings is 1. The van der Waals surface area contributed by atoms with E-state index in [1.165, 1.54) is 5.56 Å². The molecule has 1 aromatic carbocycles. The van der Waals surface area contributed by atoms with Crippen molar-refractivity contribution in [1.82, 2.24) is 10.6 Å². The molecule has 0 spiro atoms. The molecule has 4 heteroatoms. The summed E-state index contributed by atoms with van der Waals surface area (Å²) in [7, 11) is 0. The lowest BCUT2D eigenvalue weighted by Crippen LogP contribution is -2.35. The molecule has 1 aromatic rings. The molecule has 4 nitrogen and oxygen atoms in total. The lowest BCUT2D eigenvalue weighted by Gasteiger charge is -2.13. The Morgan fingerprint density at radius 3 is 2.43 bits per heavy atom. The van der Waals surface area contributed by atoms with Gasteiger partial charge >= 0.3 is 0 Å². The Balaban J connectivity index is 2.33. The Hall–Kier alpha value is -1.55. The van der Waals surface area contributed by atoms with Gasteiger partial charge in [0.15, 0.2) is 6.61 Å². The zero-order chi connectivity index (χ0) is 15.7. The number of carbonyl (C=O) groups is 1. The lowest BCUT2D eigenvalue weighted by molar-refractivity contribution is -0.123. The molecule has 1 amide bonds. The Kier molecular flexibility index (Phi) is 7.83. The summed E-state index contributed by atoms with van der Waals surface area (Å²) in [6.45, 7) is 9.27. The molecule has 21 heavy (non-hydrogen) atoms. The van der Waals surface area contributed by atoms with Gasteiger partial charge < -0.3 is 15.4 Å². The molecule has 0 fully saturated rings. The Bertz CT molecular complexity index is 415. The number of nitrogens with one attached hydrogen (secondary N) is 2. The maximum atomic E-state index is 11.7. The fraction of sp³-hybridized carbons (Fsp3) is 0.588. The minimum absolute atomic E-state index is 0.0671. The van der Waals surface area contributed by atoms with Crippen LogP contribution in [-0.4, -0.2) is 24.6 Å². The first-order chi connectivity index (χ1) is 10.0. The molecule has 0 heterocycles. The Morgan fingerprint density at radius 2 is 1.86 bits per heavy atom. The lowest BCUT2D eigenvalue weighted by atomic mass is 10.2. The van der Waals surface area contributed by atoms with Gasteiger partial charge in [0.2, 0.25) is 0 Å². The average molecular weight is 292 g/mol. The van der Waals surface area contributed by atoms with Crippen LogP contribution in [0.4, 0.5) is 0 Å². The van der Waals surface area contributed by atoms with Crippen molar-refractivity contribution >= 4 is 5.91 Å². The largest absolute Gasteiger partial charge is 0.484 e. The van der Waals surface area contributed by atoms with Crippen LogP contribution < -0.4 is 15.4 Å². The molecule has 0 bridgehead atoms. The van der Waals surface area contributed by atoms with Gasteiger partial charge in [0.1, 0.15) is 5.75 Å². The van der Waals surface area contributed by atoms with Gasteiger partial charge in [-0.05, 0) is 31.0 Å². The maximum absolute atomic E-state index is 11.7. The maximum Gasteiger partial charge on any atom is 0.258 e. The SMILES string of the molecule is CCCC(C)NC(=O)COc1ccc(CNC(C)C)cc1. The highest BCUT2D eigenvalue weighted by Crippen LogP contribution is 2.12. The van der Waals surface area contributed by atoms with Crippen LogP contribution in [0.2, 0.25) is 0 Å². The highest BCUT2D eigenvalue weighted by molar-refractivity contribution is 5.77. The molecular formula is C17H28N2O2. The number of carbonyl (C=O) groups excluding carboxylic acids is 1. The van der Waals surface area contributed by atoms with Crippen LogP contribution in [-0.2, 0) is 11.3 Å². The van der Waals surface area contributed by atoms with E-state index in [-0.39, 0.29) is 18.6 Å². The van der Waals surface area contributed by atoms with Gasteiger partial charge in [0.05, 0.1) is 0 Å². The van der Waals surface area contributed by atoms with Crippen molar-refractivity contribution in [2.75, 3.05) is 6.61 Å². The van der Waals surface area contributed by atoms with E-state index in [1.807, 2.05) is 31.2 Å². The molecule has 0 aliphatic heterocycles. The van der Waals surface area contributed by atoms with E-state index in [4.69, 9.17) is 4.74 Å². The first-order valence-electron chi connectivity index (χ1n) is 7.75. The molecule has 1 rings (SSSR count). The van der Waals surface area contributed by atoms with E-state index < -0.39 is 0 Å². The summed E-state index contributed by atoms with van der Waals surface area (Å²) in [5.41, 5.74) is 1.21. The van der Waals surface area contributed by atoms with Crippen molar-refractivity contribution in [3.63, 3.8) is 0 Å². The van der Waals surface area contributed by atoms with Crippen molar-refractivity contribution in [1.29, 1.82) is 0 Å². The topological polar surface area (TPSA) is 50.4 Å². The predicted molar refractivity (Wildman–Crippen MR) is 86.4 cm³/mol. The first kappa shape index (κ1) is 17.5. The third-order valence-electron chi connectivity index (χ3n) is 3.14. The second-order valence-electron chi connectivity index (χ2n) is 5.73. The zero-order valence-electron chi connectivity index (χ0n) is 13.6. The smallest absolute Gasteiger partial charge is 0.258 e. The minimum atomic E-state index is -0.0681. The van der Waals surface area contributed by atoms with Crippen LogP contribution in [0.1, 0.15) is 46.1 Å². The van der Waals surface area contributed by atoms with Gasteiger partial charge in [-0.2, -0.15) is 0 Å². The quantitative estimate of drug-likeness (QED) is 0.736. The van der Waals surface area contributed by atoms with Crippen molar-refractivity contribution in [3.05, 3.63) is 29.8 Å². The van der Waals surface area contributed by atoms with Crippen molar-refractivity contribution < 1.29 is 9.53 Å². The average Bonchev–Trinajstić information content (AvgIpc) is 2.44. The van der Waals surface area contributed by atoms with Crippen molar-refractivity contribution in [2.45, 2.75) is 59.2 Å². The molecule has 0 aliphatic rings. The second kappa shape index (κ2) is 9.40. The molecule has 0 saturated heterocycles. The molecule has 0 saturated carbocycles. The molecule has 1 atom stereocenters. The van der Waals surface area contributed by atoms with Crippen LogP contribution in [0.3, 0.4) is 0 Å². The Morgan fingerprint density at radius 1 is 1.19 bits per heavy atom. The molecule has 2 N–H and O–H groups in total. The summed E-state index contributed by atoms with van der Waals surface area (Å²) in [4.78, 5) is 11.7. The molecule has 0 aliphatic carbocycles. The van der Waals surface area contributed by atoms with Crippen LogP contribution in [0.25, 0.3) is 0 Å². The summed E-state index contributed by atoms with van der Waals surface area (Å²) in [5, 5.41) is 6.28. The molecule has 0 radical (unpaired) electrons. The van der Waals surface area contributed by atoms with Gasteiger partial charge in [-0.1, -0.05) is 39.3 Å². The van der Waals surface area contributed by atoms with Gasteiger partial charge in [0.25, 0.3) is 5.91 Å². The monoisotopic (exact) mass is 292 g/mol. The van der Waals surface area contributed by atoms with E-state index in [1.54, 1.807) is 0 Å². The number of ether oxygens (including phenoxy) is 1. The van der Waals surface area contributed by atoms with Gasteiger partial charge in [0, 0.05) is 18.6 Å². The molecule has 118 valence electrons. The van der Waals surface area contributed by atoms with E-state index in [9.17, 15) is 4.79 Å². The van der Waals surface area contributed by atoms with Crippen molar-refractivity contribution in [2.24, 2.45) is 0 Å². The summed E-state index contributed by atoms with van der Waals surface area (Å²) < 4.78 is 5.49. The van der Waals surface area contributed by atoms with Crippen LogP contribution in [0.15, 0.2) is 24.3 Å².